The van der Waals surface area contributed by atoms with E-state index in [4.69, 9.17) is 0 Å². The number of hydrogen-bond acceptors (Lipinski definition) is 10. The molecule has 1 saturated heterocycles. The second-order valence-electron chi connectivity index (χ2n) is 13.8. The number of carbonyl (C=O) groups is 7. The van der Waals surface area contributed by atoms with Crippen molar-refractivity contribution in [3.63, 3.8) is 0 Å². The van der Waals surface area contributed by atoms with E-state index in [0.717, 1.165) is 0 Å². The predicted octanol–water partition coefficient (Wildman–Crippen LogP) is 0.180. The lowest BCUT2D eigenvalue weighted by atomic mass is 9.75. The first-order chi connectivity index (χ1) is 22.8. The molecule has 0 aromatic carbocycles. The van der Waals surface area contributed by atoms with Gasteiger partial charge in [-0.05, 0) is 50.9 Å². The number of rotatable bonds is 7. The van der Waals surface area contributed by atoms with E-state index in [1.165, 1.54) is 13.8 Å². The van der Waals surface area contributed by atoms with Gasteiger partial charge in [0.25, 0.3) is 0 Å². The van der Waals surface area contributed by atoms with Crippen molar-refractivity contribution in [2.75, 3.05) is 13.1 Å². The van der Waals surface area contributed by atoms with E-state index in [1.54, 1.807) is 13.8 Å². The normalized spacial score (nSPS) is 25.4. The van der Waals surface area contributed by atoms with Crippen molar-refractivity contribution in [1.82, 2.24) is 26.6 Å². The van der Waals surface area contributed by atoms with Gasteiger partial charge in [0, 0.05) is 44.5 Å². The zero-order chi connectivity index (χ0) is 37.1. The van der Waals surface area contributed by atoms with Crippen molar-refractivity contribution in [1.29, 1.82) is 0 Å². The molecule has 16 nitrogen and oxygen atoms in total. The highest BCUT2D eigenvalue weighted by Gasteiger charge is 2.36. The van der Waals surface area contributed by atoms with Crippen molar-refractivity contribution in [2.24, 2.45) is 16.3 Å². The minimum atomic E-state index is -1.60. The van der Waals surface area contributed by atoms with Crippen LogP contribution in [0, 0.1) is 11.3 Å². The fourth-order valence-electron chi connectivity index (χ4n) is 5.66. The van der Waals surface area contributed by atoms with Crippen LogP contribution >= 0.6 is 0 Å². The van der Waals surface area contributed by atoms with Gasteiger partial charge in [-0.15, -0.1) is 0 Å². The number of carboxylic acids is 1. The number of Topliss-reactive ketones (excluding diaryl/α,β-unsaturated/α-hetero) is 1. The molecule has 1 heterocycles. The fraction of sp³-hybridized carbons (Fsp3) is 0.697. The maximum absolute atomic E-state index is 13.7. The van der Waals surface area contributed by atoms with Gasteiger partial charge in [-0.3, -0.25) is 33.8 Å². The van der Waals surface area contributed by atoms with Crippen LogP contribution in [0.25, 0.3) is 0 Å². The highest BCUT2D eigenvalue weighted by atomic mass is 16.4. The molecule has 0 radical (unpaired) electrons. The largest absolute Gasteiger partial charge is 0.511 e. The molecule has 5 amide bonds. The molecular formula is C33H52N6O10. The molecule has 1 fully saturated rings. The number of allylic oxidation sites excluding steroid dienone is 2. The van der Waals surface area contributed by atoms with Crippen molar-refractivity contribution < 1.29 is 48.9 Å². The fourth-order valence-corrected chi connectivity index (χ4v) is 5.66. The van der Waals surface area contributed by atoms with Crippen LogP contribution in [0.5, 0.6) is 0 Å². The summed E-state index contributed by atoms with van der Waals surface area (Å²) in [6.07, 6.45) is -0.683. The molecular weight excluding hydrogens is 640 g/mol. The lowest BCUT2D eigenvalue weighted by Crippen LogP contribution is -2.59. The summed E-state index contributed by atoms with van der Waals surface area (Å²) >= 11 is 0. The number of aliphatic hydroxyl groups is 2. The van der Waals surface area contributed by atoms with Gasteiger partial charge in [0.1, 0.15) is 29.9 Å². The molecule has 49 heavy (non-hydrogen) atoms. The number of nitrogens with zero attached hydrogens (tertiary/aromatic N) is 1. The molecule has 0 bridgehead atoms. The molecule has 16 heteroatoms. The maximum Gasteiger partial charge on any atom is 0.326 e. The molecule has 274 valence electrons. The number of ketones is 1. The lowest BCUT2D eigenvalue weighted by molar-refractivity contribution is -0.144. The topological polar surface area (TPSA) is 253 Å². The number of carbonyl (C=O) groups excluding carboxylic acids is 6. The monoisotopic (exact) mass is 692 g/mol. The average Bonchev–Trinajstić information content (AvgIpc) is 2.97. The van der Waals surface area contributed by atoms with E-state index in [2.05, 4.69) is 31.6 Å². The maximum atomic E-state index is 13.7. The van der Waals surface area contributed by atoms with E-state index >= 15 is 0 Å². The number of aliphatic carboxylic acids is 1. The molecule has 2 aliphatic rings. The number of amides is 5. The molecule has 1 aliphatic heterocycles. The molecule has 8 N–H and O–H groups in total. The molecule has 0 aromatic heterocycles. The first-order valence-electron chi connectivity index (χ1n) is 16.7. The SMILES string of the molecule is CC(=N[C@H]1CCCCNC(=O)CCNC(=O)CC[C@@H](C(=O)NC(C(=O)O)C(C)C)NC(=O)C(C(C)O)NC1=O)C1=C(O)CC(C)(C)CC1=O. The summed E-state index contributed by atoms with van der Waals surface area (Å²) in [5.74, 6) is -5.77. The molecule has 5 atom stereocenters. The Bertz CT molecular complexity index is 1340. The van der Waals surface area contributed by atoms with Crippen LogP contribution in [0.15, 0.2) is 16.3 Å². The van der Waals surface area contributed by atoms with E-state index in [1.807, 2.05) is 13.8 Å². The Morgan fingerprint density at radius 1 is 0.898 bits per heavy atom. The summed E-state index contributed by atoms with van der Waals surface area (Å²) in [5.41, 5.74) is -0.294. The van der Waals surface area contributed by atoms with Crippen LogP contribution in [0.4, 0.5) is 0 Å². The van der Waals surface area contributed by atoms with Gasteiger partial charge in [0.2, 0.25) is 29.5 Å². The summed E-state index contributed by atoms with van der Waals surface area (Å²) in [6.45, 7) is 9.89. The quantitative estimate of drug-likeness (QED) is 0.168. The summed E-state index contributed by atoms with van der Waals surface area (Å²) in [7, 11) is 0. The second kappa shape index (κ2) is 18.4. The number of carboxylic acid groups (broad SMARTS) is 1. The smallest absolute Gasteiger partial charge is 0.326 e. The number of aliphatic hydroxyl groups excluding tert-OH is 2. The Morgan fingerprint density at radius 3 is 2.12 bits per heavy atom. The highest BCUT2D eigenvalue weighted by molar-refractivity contribution is 6.22. The van der Waals surface area contributed by atoms with Crippen molar-refractivity contribution in [3.05, 3.63) is 11.3 Å². The zero-order valence-electron chi connectivity index (χ0n) is 29.2. The Morgan fingerprint density at radius 2 is 1.53 bits per heavy atom. The number of nitrogens with one attached hydrogen (secondary N) is 5. The summed E-state index contributed by atoms with van der Waals surface area (Å²) in [4.78, 5) is 94.4. The van der Waals surface area contributed by atoms with Crippen molar-refractivity contribution >= 4 is 47.0 Å². The van der Waals surface area contributed by atoms with Crippen LogP contribution in [-0.4, -0.2) is 106 Å². The van der Waals surface area contributed by atoms with Crippen molar-refractivity contribution in [2.45, 2.75) is 123 Å². The molecule has 1 aliphatic carbocycles. The number of aliphatic imine (C=N–C) groups is 1. The highest BCUT2D eigenvalue weighted by Crippen LogP contribution is 2.36. The van der Waals surface area contributed by atoms with Crippen LogP contribution in [0.1, 0.15) is 92.9 Å². The van der Waals surface area contributed by atoms with Gasteiger partial charge in [-0.1, -0.05) is 27.7 Å². The van der Waals surface area contributed by atoms with Crippen molar-refractivity contribution in [3.8, 4) is 0 Å². The van der Waals surface area contributed by atoms with Crippen LogP contribution in [-0.2, 0) is 33.6 Å². The van der Waals surface area contributed by atoms with E-state index < -0.39 is 71.2 Å². The number of hydrogen-bond donors (Lipinski definition) is 8. The van der Waals surface area contributed by atoms with E-state index in [0.29, 0.717) is 12.8 Å². The van der Waals surface area contributed by atoms with Gasteiger partial charge in [-0.25, -0.2) is 4.79 Å². The zero-order valence-corrected chi connectivity index (χ0v) is 29.2. The molecule has 0 spiro atoms. The molecule has 0 saturated carbocycles. The van der Waals surface area contributed by atoms with Gasteiger partial charge in [-0.2, -0.15) is 0 Å². The van der Waals surface area contributed by atoms with Gasteiger partial charge < -0.3 is 41.9 Å². The van der Waals surface area contributed by atoms with Crippen LogP contribution in [0.2, 0.25) is 0 Å². The molecule has 3 unspecified atom stereocenters. The Hall–Kier alpha value is -4.34. The minimum Gasteiger partial charge on any atom is -0.511 e. The summed E-state index contributed by atoms with van der Waals surface area (Å²) in [6, 6.07) is -5.51. The van der Waals surface area contributed by atoms with Gasteiger partial charge >= 0.3 is 5.97 Å². The summed E-state index contributed by atoms with van der Waals surface area (Å²) < 4.78 is 0. The van der Waals surface area contributed by atoms with Crippen LogP contribution in [0.3, 0.4) is 0 Å². The third kappa shape index (κ3) is 12.9. The Balaban J connectivity index is 2.45. The Kier molecular flexibility index (Phi) is 15.4. The average molecular weight is 693 g/mol. The lowest BCUT2D eigenvalue weighted by Gasteiger charge is -2.30. The molecule has 2 rings (SSSR count). The van der Waals surface area contributed by atoms with E-state index in [9.17, 15) is 48.9 Å². The van der Waals surface area contributed by atoms with Crippen LogP contribution < -0.4 is 26.6 Å². The standard InChI is InChI=1S/C33H52N6O10/c1-17(2)27(32(48)49)38-30(46)21-10-11-24(43)35-14-12-25(44)34-13-8-7-9-20(29(45)39-28(19(4)40)31(47)37-21)36-18(3)26-22(41)15-33(5,6)16-23(26)42/h17,19-21,27-28,40-41H,7-16H2,1-6H3,(H,34,44)(H,35,43)(H,37,47)(H,38,46)(H,39,45)(H,48,49)/t19?,20-,21-,27?,28?/m0/s1. The minimum absolute atomic E-state index is 0.0134. The van der Waals surface area contributed by atoms with Gasteiger partial charge in [0.05, 0.1) is 11.7 Å². The predicted molar refractivity (Wildman–Crippen MR) is 178 cm³/mol. The third-order valence-electron chi connectivity index (χ3n) is 8.35. The molecule has 0 aromatic rings. The second-order valence-corrected chi connectivity index (χ2v) is 13.8. The van der Waals surface area contributed by atoms with E-state index in [-0.39, 0.29) is 80.3 Å². The first-order valence-corrected chi connectivity index (χ1v) is 16.7. The Labute approximate surface area is 286 Å². The van der Waals surface area contributed by atoms with Gasteiger partial charge in [0.15, 0.2) is 5.78 Å². The first kappa shape index (κ1) is 40.8. The third-order valence-corrected chi connectivity index (χ3v) is 8.35. The summed E-state index contributed by atoms with van der Waals surface area (Å²) in [5, 5.41) is 43.4.